The Morgan fingerprint density at radius 1 is 1.21 bits per heavy atom. The summed E-state index contributed by atoms with van der Waals surface area (Å²) >= 11 is 1.57. The van der Waals surface area contributed by atoms with Crippen LogP contribution in [0, 0.1) is 0 Å². The van der Waals surface area contributed by atoms with Gasteiger partial charge >= 0.3 is 0 Å². The van der Waals surface area contributed by atoms with Crippen molar-refractivity contribution in [1.82, 2.24) is 14.8 Å². The van der Waals surface area contributed by atoms with Crippen LogP contribution in [0.25, 0.3) is 0 Å². The van der Waals surface area contributed by atoms with E-state index in [2.05, 4.69) is 28.6 Å². The number of hydrogen-bond donors (Lipinski definition) is 1. The van der Waals surface area contributed by atoms with E-state index >= 15 is 0 Å². The molecule has 0 bridgehead atoms. The van der Waals surface area contributed by atoms with E-state index < -0.39 is 0 Å². The summed E-state index contributed by atoms with van der Waals surface area (Å²) in [7, 11) is 1.74. The molecule has 110 valence electrons. The lowest BCUT2D eigenvalue weighted by Gasteiger charge is -2.25. The Balaban J connectivity index is 2.46. The van der Waals surface area contributed by atoms with Gasteiger partial charge in [0.25, 0.3) is 0 Å². The van der Waals surface area contributed by atoms with E-state index in [1.54, 1.807) is 18.4 Å². The van der Waals surface area contributed by atoms with E-state index in [9.17, 15) is 0 Å². The minimum atomic E-state index is 0.644. The molecule has 6 heteroatoms. The number of likely N-dealkylation sites (N-methyl/N-ethyl adjacent to an activating group) is 1. The smallest absolute Gasteiger partial charge is 0.180 e. The van der Waals surface area contributed by atoms with Crippen molar-refractivity contribution in [2.24, 2.45) is 0 Å². The zero-order valence-corrected chi connectivity index (χ0v) is 13.1. The standard InChI is InChI=1S/C13H26N4OS/c1-4-16(5-2)6-7-17(8-9-18-3)11-12-10-15-13(14)19-12/h10H,4-9,11H2,1-3H3,(H2,14,15). The van der Waals surface area contributed by atoms with Crippen LogP contribution in [0.1, 0.15) is 18.7 Å². The van der Waals surface area contributed by atoms with Gasteiger partial charge in [-0.1, -0.05) is 13.8 Å². The normalized spacial score (nSPS) is 11.6. The van der Waals surface area contributed by atoms with Crippen LogP contribution in [-0.2, 0) is 11.3 Å². The topological polar surface area (TPSA) is 54.6 Å². The number of ether oxygens (including phenoxy) is 1. The Kier molecular flexibility index (Phi) is 7.97. The minimum absolute atomic E-state index is 0.644. The second kappa shape index (κ2) is 9.25. The van der Waals surface area contributed by atoms with E-state index in [1.807, 2.05) is 6.20 Å². The summed E-state index contributed by atoms with van der Waals surface area (Å²) in [6.07, 6.45) is 1.87. The van der Waals surface area contributed by atoms with Gasteiger partial charge < -0.3 is 15.4 Å². The monoisotopic (exact) mass is 286 g/mol. The third-order valence-electron chi connectivity index (χ3n) is 3.19. The molecule has 19 heavy (non-hydrogen) atoms. The van der Waals surface area contributed by atoms with Crippen LogP contribution in [0.4, 0.5) is 5.13 Å². The minimum Gasteiger partial charge on any atom is -0.383 e. The van der Waals surface area contributed by atoms with Crippen molar-refractivity contribution in [2.75, 3.05) is 52.2 Å². The molecule has 0 aliphatic carbocycles. The molecule has 1 aromatic rings. The van der Waals surface area contributed by atoms with Gasteiger partial charge in [-0.15, -0.1) is 11.3 Å². The Bertz CT molecular complexity index is 341. The van der Waals surface area contributed by atoms with Crippen LogP contribution >= 0.6 is 11.3 Å². The van der Waals surface area contributed by atoms with Gasteiger partial charge in [0.2, 0.25) is 0 Å². The Morgan fingerprint density at radius 2 is 1.89 bits per heavy atom. The number of thiazole rings is 1. The van der Waals surface area contributed by atoms with E-state index in [1.165, 1.54) is 4.88 Å². The fourth-order valence-electron chi connectivity index (χ4n) is 1.93. The molecule has 0 amide bonds. The molecule has 0 radical (unpaired) electrons. The highest BCUT2D eigenvalue weighted by molar-refractivity contribution is 7.15. The highest BCUT2D eigenvalue weighted by Gasteiger charge is 2.09. The fourth-order valence-corrected chi connectivity index (χ4v) is 2.66. The van der Waals surface area contributed by atoms with Gasteiger partial charge in [-0.3, -0.25) is 4.90 Å². The zero-order valence-electron chi connectivity index (χ0n) is 12.3. The first-order chi connectivity index (χ1) is 9.19. The van der Waals surface area contributed by atoms with Crippen LogP contribution in [0.3, 0.4) is 0 Å². The first kappa shape index (κ1) is 16.4. The maximum Gasteiger partial charge on any atom is 0.180 e. The molecule has 0 aromatic carbocycles. The average Bonchev–Trinajstić information content (AvgIpc) is 2.82. The molecule has 0 saturated carbocycles. The summed E-state index contributed by atoms with van der Waals surface area (Å²) in [4.78, 5) is 10.2. The molecule has 1 rings (SSSR count). The molecule has 0 unspecified atom stereocenters. The predicted molar refractivity (Wildman–Crippen MR) is 81.5 cm³/mol. The molecule has 0 atom stereocenters. The number of rotatable bonds is 10. The maximum atomic E-state index is 5.68. The van der Waals surface area contributed by atoms with E-state index in [4.69, 9.17) is 10.5 Å². The van der Waals surface area contributed by atoms with Gasteiger partial charge in [0, 0.05) is 44.4 Å². The van der Waals surface area contributed by atoms with Crippen molar-refractivity contribution in [2.45, 2.75) is 20.4 Å². The quantitative estimate of drug-likeness (QED) is 0.707. The van der Waals surface area contributed by atoms with Crippen LogP contribution in [0.5, 0.6) is 0 Å². The average molecular weight is 286 g/mol. The number of aromatic nitrogens is 1. The molecule has 2 N–H and O–H groups in total. The fraction of sp³-hybridized carbons (Fsp3) is 0.769. The van der Waals surface area contributed by atoms with Gasteiger partial charge in [-0.25, -0.2) is 4.98 Å². The van der Waals surface area contributed by atoms with E-state index in [0.29, 0.717) is 5.13 Å². The predicted octanol–water partition coefficient (Wildman–Crippen LogP) is 1.52. The highest BCUT2D eigenvalue weighted by Crippen LogP contribution is 2.16. The van der Waals surface area contributed by atoms with Gasteiger partial charge in [-0.05, 0) is 13.1 Å². The van der Waals surface area contributed by atoms with E-state index in [0.717, 1.165) is 45.9 Å². The third-order valence-corrected chi connectivity index (χ3v) is 4.00. The Morgan fingerprint density at radius 3 is 2.42 bits per heavy atom. The van der Waals surface area contributed by atoms with Crippen molar-refractivity contribution in [1.29, 1.82) is 0 Å². The largest absolute Gasteiger partial charge is 0.383 e. The summed E-state index contributed by atoms with van der Waals surface area (Å²) < 4.78 is 5.18. The number of nitrogens with two attached hydrogens (primary N) is 1. The zero-order chi connectivity index (χ0) is 14.1. The van der Waals surface area contributed by atoms with Crippen molar-refractivity contribution in [3.8, 4) is 0 Å². The van der Waals surface area contributed by atoms with Crippen LogP contribution < -0.4 is 5.73 Å². The molecule has 0 saturated heterocycles. The van der Waals surface area contributed by atoms with E-state index in [-0.39, 0.29) is 0 Å². The molecule has 0 spiro atoms. The van der Waals surface area contributed by atoms with Crippen molar-refractivity contribution >= 4 is 16.5 Å². The van der Waals surface area contributed by atoms with Crippen molar-refractivity contribution in [3.63, 3.8) is 0 Å². The second-order valence-electron chi connectivity index (χ2n) is 4.46. The van der Waals surface area contributed by atoms with Crippen LogP contribution in [-0.4, -0.2) is 61.2 Å². The molecular formula is C13H26N4OS. The first-order valence-electron chi connectivity index (χ1n) is 6.83. The van der Waals surface area contributed by atoms with Crippen LogP contribution in [0.15, 0.2) is 6.20 Å². The first-order valence-corrected chi connectivity index (χ1v) is 7.65. The molecule has 0 fully saturated rings. The Hall–Kier alpha value is -0.690. The van der Waals surface area contributed by atoms with Gasteiger partial charge in [-0.2, -0.15) is 0 Å². The summed E-state index contributed by atoms with van der Waals surface area (Å²) in [5.74, 6) is 0. The lowest BCUT2D eigenvalue weighted by Crippen LogP contribution is -2.36. The molecule has 1 aromatic heterocycles. The lowest BCUT2D eigenvalue weighted by atomic mass is 10.4. The lowest BCUT2D eigenvalue weighted by molar-refractivity contribution is 0.134. The molecule has 5 nitrogen and oxygen atoms in total. The number of methoxy groups -OCH3 is 1. The van der Waals surface area contributed by atoms with Gasteiger partial charge in [0.15, 0.2) is 5.13 Å². The molecular weight excluding hydrogens is 260 g/mol. The third kappa shape index (κ3) is 6.33. The highest BCUT2D eigenvalue weighted by atomic mass is 32.1. The molecule has 0 aliphatic rings. The Labute approximate surface area is 120 Å². The SMILES string of the molecule is CCN(CC)CCN(CCOC)Cc1cnc(N)s1. The second-order valence-corrected chi connectivity index (χ2v) is 5.61. The summed E-state index contributed by atoms with van der Waals surface area (Å²) in [5.41, 5.74) is 5.68. The number of nitrogen functional groups attached to an aromatic ring is 1. The summed E-state index contributed by atoms with van der Waals surface area (Å²) in [6, 6.07) is 0. The molecule has 1 heterocycles. The van der Waals surface area contributed by atoms with Crippen molar-refractivity contribution in [3.05, 3.63) is 11.1 Å². The number of nitrogens with zero attached hydrogens (tertiary/aromatic N) is 3. The number of anilines is 1. The molecule has 0 aliphatic heterocycles. The summed E-state index contributed by atoms with van der Waals surface area (Å²) in [6.45, 7) is 11.3. The summed E-state index contributed by atoms with van der Waals surface area (Å²) in [5, 5.41) is 0.644. The number of hydrogen-bond acceptors (Lipinski definition) is 6. The maximum absolute atomic E-state index is 5.68. The van der Waals surface area contributed by atoms with Gasteiger partial charge in [0.05, 0.1) is 6.61 Å². The van der Waals surface area contributed by atoms with Crippen molar-refractivity contribution < 1.29 is 4.74 Å². The van der Waals surface area contributed by atoms with Gasteiger partial charge in [0.1, 0.15) is 0 Å². The van der Waals surface area contributed by atoms with Crippen LogP contribution in [0.2, 0.25) is 0 Å².